The first-order chi connectivity index (χ1) is 13.4. The number of fused-ring (bicyclic) bond motifs is 1. The highest BCUT2D eigenvalue weighted by molar-refractivity contribution is 5.48. The summed E-state index contributed by atoms with van der Waals surface area (Å²) in [4.78, 5) is 5.08. The Balaban J connectivity index is 1.28. The summed E-state index contributed by atoms with van der Waals surface area (Å²) in [5.74, 6) is 1.04. The van der Waals surface area contributed by atoms with Crippen LogP contribution in [0.15, 0.2) is 48.5 Å². The average molecular weight is 365 g/mol. The summed E-state index contributed by atoms with van der Waals surface area (Å²) >= 11 is 0. The van der Waals surface area contributed by atoms with Crippen LogP contribution in [-0.4, -0.2) is 44.2 Å². The molecule has 2 heterocycles. The fraction of sp³-hybridized carbons (Fsp3) is 0.500. The molecule has 0 radical (unpaired) electrons. The summed E-state index contributed by atoms with van der Waals surface area (Å²) in [5.41, 5.74) is 4.27. The number of rotatable bonds is 6. The molecule has 1 fully saturated rings. The van der Waals surface area contributed by atoms with Crippen molar-refractivity contribution in [2.24, 2.45) is 0 Å². The Morgan fingerprint density at radius 3 is 2.37 bits per heavy atom. The topological polar surface area (TPSA) is 15.7 Å². The highest BCUT2D eigenvalue weighted by Crippen LogP contribution is 2.24. The number of likely N-dealkylation sites (tertiary alicyclic amines) is 1. The maximum atomic E-state index is 6.08. The van der Waals surface area contributed by atoms with Gasteiger partial charge in [-0.2, -0.15) is 0 Å². The summed E-state index contributed by atoms with van der Waals surface area (Å²) in [7, 11) is 0. The Bertz CT molecular complexity index is 710. The van der Waals surface area contributed by atoms with Crippen LogP contribution in [0, 0.1) is 0 Å². The largest absolute Gasteiger partial charge is 0.494 e. The van der Waals surface area contributed by atoms with Crippen LogP contribution in [0.25, 0.3) is 0 Å². The Labute approximate surface area is 163 Å². The van der Waals surface area contributed by atoms with Gasteiger partial charge in [0.15, 0.2) is 0 Å². The molecule has 0 bridgehead atoms. The molecule has 0 N–H and O–H groups in total. The van der Waals surface area contributed by atoms with E-state index in [1.807, 2.05) is 0 Å². The SMILES string of the molecule is c1ccc(N2CCc3ccc(OCCCN4CCCCC4)cc3CC2)cc1. The van der Waals surface area contributed by atoms with Crippen molar-refractivity contribution < 1.29 is 4.74 Å². The van der Waals surface area contributed by atoms with Crippen LogP contribution in [-0.2, 0) is 12.8 Å². The minimum absolute atomic E-state index is 0.825. The molecule has 0 spiro atoms. The number of hydrogen-bond donors (Lipinski definition) is 0. The molecule has 3 heteroatoms. The summed E-state index contributed by atoms with van der Waals surface area (Å²) in [5, 5.41) is 0. The molecule has 0 aromatic heterocycles. The summed E-state index contributed by atoms with van der Waals surface area (Å²) in [6, 6.07) is 17.5. The standard InChI is InChI=1S/C24H32N2O/c1-3-8-23(9-4-1)26-17-12-21-10-11-24(20-22(21)13-18-26)27-19-7-16-25-14-5-2-6-15-25/h1,3-4,8-11,20H,2,5-7,12-19H2. The van der Waals surface area contributed by atoms with Crippen molar-refractivity contribution in [2.75, 3.05) is 44.2 Å². The van der Waals surface area contributed by atoms with Gasteiger partial charge in [0.05, 0.1) is 6.61 Å². The van der Waals surface area contributed by atoms with Crippen LogP contribution in [0.3, 0.4) is 0 Å². The maximum Gasteiger partial charge on any atom is 0.119 e. The number of benzene rings is 2. The molecular formula is C24H32N2O. The van der Waals surface area contributed by atoms with Gasteiger partial charge in [-0.25, -0.2) is 0 Å². The molecule has 2 aromatic carbocycles. The molecular weight excluding hydrogens is 332 g/mol. The molecule has 4 rings (SSSR count). The van der Waals surface area contributed by atoms with Gasteiger partial charge in [-0.3, -0.25) is 0 Å². The molecule has 144 valence electrons. The zero-order valence-corrected chi connectivity index (χ0v) is 16.4. The lowest BCUT2D eigenvalue weighted by molar-refractivity contribution is 0.205. The van der Waals surface area contributed by atoms with E-state index in [1.54, 1.807) is 0 Å². The summed E-state index contributed by atoms with van der Waals surface area (Å²) < 4.78 is 6.08. The minimum atomic E-state index is 0.825. The van der Waals surface area contributed by atoms with Crippen molar-refractivity contribution in [1.29, 1.82) is 0 Å². The fourth-order valence-corrected chi connectivity index (χ4v) is 4.35. The van der Waals surface area contributed by atoms with Crippen molar-refractivity contribution in [1.82, 2.24) is 4.90 Å². The molecule has 0 saturated carbocycles. The molecule has 1 saturated heterocycles. The monoisotopic (exact) mass is 364 g/mol. The van der Waals surface area contributed by atoms with Gasteiger partial charge in [0.25, 0.3) is 0 Å². The molecule has 0 unspecified atom stereocenters. The van der Waals surface area contributed by atoms with Crippen molar-refractivity contribution in [3.05, 3.63) is 59.7 Å². The van der Waals surface area contributed by atoms with Crippen LogP contribution in [0.2, 0.25) is 0 Å². The van der Waals surface area contributed by atoms with Crippen molar-refractivity contribution >= 4 is 5.69 Å². The normalized spacial score (nSPS) is 18.0. The third-order valence-corrected chi connectivity index (χ3v) is 5.94. The number of ether oxygens (including phenoxy) is 1. The van der Waals surface area contributed by atoms with Crippen LogP contribution >= 0.6 is 0 Å². The van der Waals surface area contributed by atoms with E-state index in [-0.39, 0.29) is 0 Å². The highest BCUT2D eigenvalue weighted by Gasteiger charge is 2.15. The van der Waals surface area contributed by atoms with E-state index in [2.05, 4.69) is 58.3 Å². The van der Waals surface area contributed by atoms with Gasteiger partial charge < -0.3 is 14.5 Å². The van der Waals surface area contributed by atoms with E-state index in [0.717, 1.165) is 44.7 Å². The zero-order chi connectivity index (χ0) is 18.3. The second-order valence-electron chi connectivity index (χ2n) is 7.86. The number of anilines is 1. The maximum absolute atomic E-state index is 6.08. The molecule has 0 atom stereocenters. The smallest absolute Gasteiger partial charge is 0.119 e. The summed E-state index contributed by atoms with van der Waals surface area (Å²) in [6.45, 7) is 6.72. The third-order valence-electron chi connectivity index (χ3n) is 5.94. The van der Waals surface area contributed by atoms with Crippen LogP contribution < -0.4 is 9.64 Å². The molecule has 2 aliphatic heterocycles. The van der Waals surface area contributed by atoms with Gasteiger partial charge in [0, 0.05) is 25.3 Å². The molecule has 2 aromatic rings. The minimum Gasteiger partial charge on any atom is -0.494 e. The predicted octanol–water partition coefficient (Wildman–Crippen LogP) is 4.55. The zero-order valence-electron chi connectivity index (χ0n) is 16.4. The van der Waals surface area contributed by atoms with E-state index < -0.39 is 0 Å². The average Bonchev–Trinajstić information content (AvgIpc) is 2.95. The van der Waals surface area contributed by atoms with Crippen LogP contribution in [0.1, 0.15) is 36.8 Å². The first-order valence-corrected chi connectivity index (χ1v) is 10.7. The lowest BCUT2D eigenvalue weighted by Gasteiger charge is -2.26. The Kier molecular flexibility index (Phi) is 6.31. The van der Waals surface area contributed by atoms with Gasteiger partial charge in [-0.1, -0.05) is 30.7 Å². The molecule has 0 amide bonds. The van der Waals surface area contributed by atoms with E-state index in [4.69, 9.17) is 4.74 Å². The quantitative estimate of drug-likeness (QED) is 0.700. The lowest BCUT2D eigenvalue weighted by atomic mass is 10.0. The molecule has 27 heavy (non-hydrogen) atoms. The number of piperidine rings is 1. The van der Waals surface area contributed by atoms with Gasteiger partial charge in [-0.15, -0.1) is 0 Å². The van der Waals surface area contributed by atoms with Gasteiger partial charge in [-0.05, 0) is 80.6 Å². The van der Waals surface area contributed by atoms with Gasteiger partial charge in [0.2, 0.25) is 0 Å². The van der Waals surface area contributed by atoms with Crippen LogP contribution in [0.4, 0.5) is 5.69 Å². The van der Waals surface area contributed by atoms with Crippen molar-refractivity contribution in [2.45, 2.75) is 38.5 Å². The molecule has 2 aliphatic rings. The van der Waals surface area contributed by atoms with E-state index in [1.165, 1.54) is 55.7 Å². The second kappa shape index (κ2) is 9.27. The van der Waals surface area contributed by atoms with E-state index in [9.17, 15) is 0 Å². The van der Waals surface area contributed by atoms with Crippen LogP contribution in [0.5, 0.6) is 5.75 Å². The summed E-state index contributed by atoms with van der Waals surface area (Å²) in [6.07, 6.45) is 7.47. The first-order valence-electron chi connectivity index (χ1n) is 10.7. The number of nitrogens with zero attached hydrogens (tertiary/aromatic N) is 2. The highest BCUT2D eigenvalue weighted by atomic mass is 16.5. The third kappa shape index (κ3) is 5.04. The van der Waals surface area contributed by atoms with E-state index in [0.29, 0.717) is 0 Å². The Morgan fingerprint density at radius 1 is 0.778 bits per heavy atom. The van der Waals surface area contributed by atoms with Gasteiger partial charge in [0.1, 0.15) is 5.75 Å². The number of para-hydroxylation sites is 1. The first kappa shape index (κ1) is 18.4. The molecule has 3 nitrogen and oxygen atoms in total. The van der Waals surface area contributed by atoms with Crippen molar-refractivity contribution in [3.8, 4) is 5.75 Å². The lowest BCUT2D eigenvalue weighted by Crippen LogP contribution is -2.31. The Morgan fingerprint density at radius 2 is 1.56 bits per heavy atom. The fourth-order valence-electron chi connectivity index (χ4n) is 4.35. The van der Waals surface area contributed by atoms with Gasteiger partial charge >= 0.3 is 0 Å². The second-order valence-corrected chi connectivity index (χ2v) is 7.86. The predicted molar refractivity (Wildman–Crippen MR) is 113 cm³/mol. The number of hydrogen-bond acceptors (Lipinski definition) is 3. The van der Waals surface area contributed by atoms with Crippen molar-refractivity contribution in [3.63, 3.8) is 0 Å². The Hall–Kier alpha value is -2.00. The molecule has 0 aliphatic carbocycles. The van der Waals surface area contributed by atoms with E-state index >= 15 is 0 Å².